The largest absolute Gasteiger partial charge is 0.471 e. The Morgan fingerprint density at radius 2 is 2.24 bits per heavy atom. The van der Waals surface area contributed by atoms with Gasteiger partial charge in [-0.05, 0) is 13.2 Å². The average Bonchev–Trinajstić information content (AvgIpc) is 3.41. The highest BCUT2D eigenvalue weighted by molar-refractivity contribution is 8.76. The molecule has 10 nitrogen and oxygen atoms in total. The van der Waals surface area contributed by atoms with Crippen molar-refractivity contribution in [3.05, 3.63) is 18.1 Å². The molecule has 15 heteroatoms. The molecule has 0 saturated carbocycles. The second-order valence-corrected chi connectivity index (χ2v) is 10.9. The number of aliphatic hydroxyl groups is 1. The maximum absolute atomic E-state index is 12.5. The normalized spacial score (nSPS) is 20.7. The van der Waals surface area contributed by atoms with Crippen molar-refractivity contribution in [2.24, 2.45) is 4.99 Å². The van der Waals surface area contributed by atoms with Gasteiger partial charge in [-0.3, -0.25) is 4.79 Å². The van der Waals surface area contributed by atoms with Gasteiger partial charge in [-0.1, -0.05) is 33.4 Å². The predicted molar refractivity (Wildman–Crippen MR) is 136 cm³/mol. The molecule has 1 amide bonds. The van der Waals surface area contributed by atoms with Crippen LogP contribution in [0.1, 0.15) is 25.1 Å². The first-order valence-electron chi connectivity index (χ1n) is 11.1. The molecule has 1 unspecified atom stereocenters. The van der Waals surface area contributed by atoms with Gasteiger partial charge in [0.05, 0.1) is 36.5 Å². The first-order valence-corrected chi connectivity index (χ1v) is 13.7. The molecule has 2 aromatic heterocycles. The molecule has 1 aliphatic rings. The smallest absolute Gasteiger partial charge is 0.394 e. The lowest BCUT2D eigenvalue weighted by molar-refractivity contribution is -0.173. The van der Waals surface area contributed by atoms with Crippen molar-refractivity contribution in [3.8, 4) is 11.8 Å². The van der Waals surface area contributed by atoms with Crippen molar-refractivity contribution in [1.29, 1.82) is 0 Å². The molecule has 1 aliphatic heterocycles. The number of fused-ring (bicyclic) bond motifs is 1. The zero-order valence-electron chi connectivity index (χ0n) is 20.5. The molecule has 1 fully saturated rings. The van der Waals surface area contributed by atoms with Crippen molar-refractivity contribution in [1.82, 2.24) is 24.8 Å². The summed E-state index contributed by atoms with van der Waals surface area (Å²) in [6.45, 7) is 1.17. The van der Waals surface area contributed by atoms with E-state index in [4.69, 9.17) is 9.47 Å². The molecular weight excluding hydrogens is 533 g/mol. The van der Waals surface area contributed by atoms with E-state index in [-0.39, 0.29) is 18.1 Å². The zero-order valence-corrected chi connectivity index (χ0v) is 22.2. The van der Waals surface area contributed by atoms with Gasteiger partial charge in [0, 0.05) is 26.7 Å². The fourth-order valence-electron chi connectivity index (χ4n) is 3.60. The van der Waals surface area contributed by atoms with Crippen LogP contribution in [0.2, 0.25) is 0 Å². The van der Waals surface area contributed by atoms with Gasteiger partial charge in [-0.15, -0.1) is 0 Å². The lowest BCUT2D eigenvalue weighted by Crippen LogP contribution is -2.36. The number of nitrogens with zero attached hydrogens (tertiary/aromatic N) is 5. The van der Waals surface area contributed by atoms with Crippen LogP contribution in [0.4, 0.5) is 19.0 Å². The summed E-state index contributed by atoms with van der Waals surface area (Å²) in [6, 6.07) is 0. The van der Waals surface area contributed by atoms with Crippen LogP contribution in [-0.4, -0.2) is 94.1 Å². The number of halogens is 3. The molecule has 202 valence electrons. The summed E-state index contributed by atoms with van der Waals surface area (Å²) in [5.74, 6) is 3.56. The summed E-state index contributed by atoms with van der Waals surface area (Å²) in [7, 11) is 6.69. The number of hydrogen-bond acceptors (Lipinski definition) is 9. The van der Waals surface area contributed by atoms with Crippen molar-refractivity contribution in [3.63, 3.8) is 0 Å². The number of aromatic nitrogens is 3. The van der Waals surface area contributed by atoms with Gasteiger partial charge in [0.15, 0.2) is 5.82 Å². The van der Waals surface area contributed by atoms with Crippen LogP contribution >= 0.6 is 21.6 Å². The number of hydrogen-bond donors (Lipinski definition) is 2. The van der Waals surface area contributed by atoms with Crippen molar-refractivity contribution in [2.45, 2.75) is 43.4 Å². The maximum atomic E-state index is 12.5. The quantitative estimate of drug-likeness (QED) is 0.157. The second-order valence-electron chi connectivity index (χ2n) is 8.09. The Morgan fingerprint density at radius 3 is 2.89 bits per heavy atom. The molecule has 4 atom stereocenters. The molecule has 2 N–H and O–H groups in total. The van der Waals surface area contributed by atoms with Crippen LogP contribution in [0.25, 0.3) is 11.0 Å². The number of ether oxygens (including phenoxy) is 2. The Bertz CT molecular complexity index is 1180. The van der Waals surface area contributed by atoms with E-state index < -0.39 is 31.0 Å². The number of nitrogens with one attached hydrogen (secondary N) is 1. The predicted octanol–water partition coefficient (Wildman–Crippen LogP) is 2.70. The van der Waals surface area contributed by atoms with Crippen LogP contribution in [0, 0.1) is 11.8 Å². The average molecular weight is 561 g/mol. The Kier molecular flexibility index (Phi) is 10.1. The molecule has 37 heavy (non-hydrogen) atoms. The molecule has 0 radical (unpaired) electrons. The molecule has 0 spiro atoms. The fraction of sp³-hybridized carbons (Fsp3) is 0.545. The van der Waals surface area contributed by atoms with Crippen LogP contribution in [0.5, 0.6) is 0 Å². The monoisotopic (exact) mass is 560 g/mol. The third-order valence-corrected chi connectivity index (χ3v) is 7.05. The van der Waals surface area contributed by atoms with Crippen molar-refractivity contribution >= 4 is 50.7 Å². The van der Waals surface area contributed by atoms with Crippen molar-refractivity contribution in [2.75, 3.05) is 33.5 Å². The molecule has 2 aromatic rings. The number of carbonyl (C=O) groups is 1. The Labute approximate surface area is 219 Å². The Morgan fingerprint density at radius 1 is 1.49 bits per heavy atom. The topological polar surface area (TPSA) is 114 Å². The number of aliphatic hydroxyl groups excluding tert-OH is 1. The number of rotatable bonds is 9. The molecule has 1 saturated heterocycles. The molecule has 0 aliphatic carbocycles. The SMILES string of the molecule is CSS[C@@H](C)OC1C[C@H](n2cc(C#CCNC(=O)C(F)(F)F)c3c(N=CN(C)C)ncnc32)O[C@@H]1CO. The van der Waals surface area contributed by atoms with E-state index in [9.17, 15) is 23.1 Å². The van der Waals surface area contributed by atoms with E-state index in [1.54, 1.807) is 63.0 Å². The zero-order chi connectivity index (χ0) is 27.2. The minimum absolute atomic E-state index is 0.125. The van der Waals surface area contributed by atoms with Crippen LogP contribution < -0.4 is 5.32 Å². The summed E-state index contributed by atoms with van der Waals surface area (Å²) in [5, 5.41) is 12.0. The third kappa shape index (κ3) is 7.51. The third-order valence-electron chi connectivity index (χ3n) is 5.09. The van der Waals surface area contributed by atoms with Gasteiger partial charge in [0.2, 0.25) is 0 Å². The van der Waals surface area contributed by atoms with Gasteiger partial charge in [-0.25, -0.2) is 15.0 Å². The van der Waals surface area contributed by atoms with Crippen molar-refractivity contribution < 1.29 is 32.5 Å². The van der Waals surface area contributed by atoms with E-state index in [1.807, 2.05) is 13.2 Å². The summed E-state index contributed by atoms with van der Waals surface area (Å²) in [6.07, 6.45) is 0.409. The van der Waals surface area contributed by atoms with Gasteiger partial charge < -0.3 is 29.4 Å². The fourth-order valence-corrected chi connectivity index (χ4v) is 5.01. The van der Waals surface area contributed by atoms with E-state index >= 15 is 0 Å². The molecular formula is C22H27F3N6O4S2. The molecule has 3 rings (SSSR count). The van der Waals surface area contributed by atoms with Crippen LogP contribution in [0.15, 0.2) is 17.5 Å². The summed E-state index contributed by atoms with van der Waals surface area (Å²) in [4.78, 5) is 25.8. The van der Waals surface area contributed by atoms with Gasteiger partial charge in [0.25, 0.3) is 0 Å². The lowest BCUT2D eigenvalue weighted by Gasteiger charge is -2.20. The minimum atomic E-state index is -4.99. The van der Waals surface area contributed by atoms with E-state index in [2.05, 4.69) is 26.8 Å². The molecule has 0 aromatic carbocycles. The standard InChI is InChI=1S/C22H27F3N6O4S2/c1-13(37-36-4)34-15-8-17(35-16(15)10-32)31-9-14(6-5-7-26-21(33)22(23,24)25)18-19(29-12-30(2)3)27-11-28-20(18)31/h9,11-13,15-17,32H,7-8,10H2,1-4H3,(H,26,33)/t13-,15?,16+,17+/m0/s1. The molecule has 0 bridgehead atoms. The number of amides is 1. The van der Waals surface area contributed by atoms with Gasteiger partial charge in [0.1, 0.15) is 29.7 Å². The Hall–Kier alpha value is -2.51. The van der Waals surface area contributed by atoms with Gasteiger partial charge in [-0.2, -0.15) is 13.2 Å². The van der Waals surface area contributed by atoms with Crippen LogP contribution in [-0.2, 0) is 14.3 Å². The molecule has 3 heterocycles. The first kappa shape index (κ1) is 29.1. The van der Waals surface area contributed by atoms with E-state index in [1.165, 1.54) is 6.33 Å². The minimum Gasteiger partial charge on any atom is -0.394 e. The maximum Gasteiger partial charge on any atom is 0.471 e. The van der Waals surface area contributed by atoms with E-state index in [0.29, 0.717) is 28.8 Å². The van der Waals surface area contributed by atoms with E-state index in [0.717, 1.165) is 0 Å². The highest BCUT2D eigenvalue weighted by Crippen LogP contribution is 2.38. The van der Waals surface area contributed by atoms with Gasteiger partial charge >= 0.3 is 12.1 Å². The Balaban J connectivity index is 1.96. The first-order chi connectivity index (χ1) is 17.5. The number of alkyl halides is 3. The number of carbonyl (C=O) groups excluding carboxylic acids is 1. The highest BCUT2D eigenvalue weighted by atomic mass is 33.1. The summed E-state index contributed by atoms with van der Waals surface area (Å²) in [5.41, 5.74) is 0.710. The second kappa shape index (κ2) is 12.8. The summed E-state index contributed by atoms with van der Waals surface area (Å²) >= 11 is 0. The lowest BCUT2D eigenvalue weighted by atomic mass is 10.2. The van der Waals surface area contributed by atoms with Crippen LogP contribution in [0.3, 0.4) is 0 Å². The highest BCUT2D eigenvalue weighted by Gasteiger charge is 2.39. The summed E-state index contributed by atoms with van der Waals surface area (Å²) < 4.78 is 51.2. The number of aliphatic imine (C=N–C) groups is 1.